The first-order valence-corrected chi connectivity index (χ1v) is 17.1. The minimum atomic E-state index is -0.681. The van der Waals surface area contributed by atoms with E-state index in [0.29, 0.717) is 13.0 Å². The summed E-state index contributed by atoms with van der Waals surface area (Å²) in [7, 11) is 0. The average Bonchev–Trinajstić information content (AvgIpc) is 2.91. The summed E-state index contributed by atoms with van der Waals surface area (Å²) in [5.74, 6) is -0.195. The summed E-state index contributed by atoms with van der Waals surface area (Å²) in [5.41, 5.74) is 5.01. The third-order valence-electron chi connectivity index (χ3n) is 7.43. The molecule has 2 atom stereocenters. The van der Waals surface area contributed by atoms with E-state index >= 15 is 0 Å². The highest BCUT2D eigenvalue weighted by molar-refractivity contribution is 5.82. The Kier molecular flexibility index (Phi) is 23.6. The molecule has 0 saturated heterocycles. The average molecular weight is 613 g/mol. The van der Waals surface area contributed by atoms with Crippen molar-refractivity contribution < 1.29 is 23.9 Å². The van der Waals surface area contributed by atoms with Crippen LogP contribution >= 0.6 is 0 Å². The molecule has 43 heavy (non-hydrogen) atoms. The van der Waals surface area contributed by atoms with E-state index in [1.54, 1.807) is 0 Å². The summed E-state index contributed by atoms with van der Waals surface area (Å²) in [6.07, 6.45) is 15.2. The molecule has 0 aliphatic rings. The second-order valence-electron chi connectivity index (χ2n) is 13.7. The molecular weight excluding hydrogens is 544 g/mol. The standard InChI is InChI=1S/C34H68N4O5/c1-8-10-12-14-16-18-22-36-30(39)20-23-42-25-29(38-32(41)33(4,5)27-34(6,7)35)26-43-24-21-31(40)37-28(3)19-17-15-13-11-9-2/h28-29H,8-27,35H2,1-7H3,(H,36,39)(H,37,40)(H,38,41). The van der Waals surface area contributed by atoms with E-state index in [2.05, 4.69) is 29.8 Å². The molecule has 3 amide bonds. The van der Waals surface area contributed by atoms with Gasteiger partial charge in [-0.15, -0.1) is 0 Å². The van der Waals surface area contributed by atoms with Crippen LogP contribution in [0.25, 0.3) is 0 Å². The number of ether oxygens (including phenoxy) is 2. The Hall–Kier alpha value is -1.71. The third-order valence-corrected chi connectivity index (χ3v) is 7.43. The van der Waals surface area contributed by atoms with Gasteiger partial charge in [-0.25, -0.2) is 0 Å². The molecule has 9 nitrogen and oxygen atoms in total. The molecule has 254 valence electrons. The molecule has 0 rings (SSSR count). The molecule has 0 aliphatic heterocycles. The van der Waals surface area contributed by atoms with Gasteiger partial charge in [0.1, 0.15) is 0 Å². The van der Waals surface area contributed by atoms with E-state index in [-0.39, 0.29) is 63.0 Å². The first-order valence-electron chi connectivity index (χ1n) is 17.1. The zero-order valence-electron chi connectivity index (χ0n) is 28.9. The zero-order chi connectivity index (χ0) is 32.6. The lowest BCUT2D eigenvalue weighted by molar-refractivity contribution is -0.132. The molecule has 0 radical (unpaired) electrons. The van der Waals surface area contributed by atoms with E-state index in [1.807, 2.05) is 34.6 Å². The van der Waals surface area contributed by atoms with Gasteiger partial charge in [0.15, 0.2) is 0 Å². The molecule has 5 N–H and O–H groups in total. The second-order valence-corrected chi connectivity index (χ2v) is 13.7. The highest BCUT2D eigenvalue weighted by Gasteiger charge is 2.34. The Morgan fingerprint density at radius 3 is 1.79 bits per heavy atom. The van der Waals surface area contributed by atoms with Crippen LogP contribution in [0.4, 0.5) is 0 Å². The number of carbonyl (C=O) groups is 3. The van der Waals surface area contributed by atoms with E-state index < -0.39 is 17.0 Å². The Balaban J connectivity index is 4.60. The van der Waals surface area contributed by atoms with Crippen LogP contribution in [0.2, 0.25) is 0 Å². The molecule has 9 heteroatoms. The number of hydrogen-bond donors (Lipinski definition) is 4. The molecule has 0 aliphatic carbocycles. The van der Waals surface area contributed by atoms with Crippen LogP contribution in [0.5, 0.6) is 0 Å². The van der Waals surface area contributed by atoms with E-state index in [0.717, 1.165) is 25.7 Å². The Bertz CT molecular complexity index is 739. The van der Waals surface area contributed by atoms with Crippen LogP contribution in [0.3, 0.4) is 0 Å². The van der Waals surface area contributed by atoms with Gasteiger partial charge in [-0.1, -0.05) is 91.9 Å². The van der Waals surface area contributed by atoms with Gasteiger partial charge in [-0.05, 0) is 40.0 Å². The number of unbranched alkanes of at least 4 members (excludes halogenated alkanes) is 9. The number of amides is 3. The maximum atomic E-state index is 13.1. The lowest BCUT2D eigenvalue weighted by atomic mass is 9.79. The minimum Gasteiger partial charge on any atom is -0.379 e. The highest BCUT2D eigenvalue weighted by Crippen LogP contribution is 2.26. The van der Waals surface area contributed by atoms with E-state index in [1.165, 1.54) is 51.4 Å². The van der Waals surface area contributed by atoms with Gasteiger partial charge in [0.2, 0.25) is 17.7 Å². The van der Waals surface area contributed by atoms with Crippen molar-refractivity contribution in [2.24, 2.45) is 11.1 Å². The fourth-order valence-corrected chi connectivity index (χ4v) is 5.21. The van der Waals surface area contributed by atoms with Gasteiger partial charge in [0.25, 0.3) is 0 Å². The number of rotatable bonds is 28. The SMILES string of the molecule is CCCCCCCCNC(=O)CCOCC(COCCC(=O)NC(C)CCCCCCC)NC(=O)C(C)(C)CC(C)(C)N. The number of nitrogens with one attached hydrogen (secondary N) is 3. The van der Waals surface area contributed by atoms with Gasteiger partial charge in [-0.2, -0.15) is 0 Å². The molecule has 0 aromatic carbocycles. The van der Waals surface area contributed by atoms with Crippen molar-refractivity contribution in [3.05, 3.63) is 0 Å². The maximum absolute atomic E-state index is 13.1. The lowest BCUT2D eigenvalue weighted by Gasteiger charge is -2.32. The van der Waals surface area contributed by atoms with Crippen LogP contribution in [0.1, 0.15) is 145 Å². The number of nitrogens with two attached hydrogens (primary N) is 1. The predicted octanol–water partition coefficient (Wildman–Crippen LogP) is 5.78. The normalized spacial score (nSPS) is 13.4. The molecule has 0 heterocycles. The number of hydrogen-bond acceptors (Lipinski definition) is 6. The summed E-state index contributed by atoms with van der Waals surface area (Å²) in [5, 5.41) is 9.05. The molecule has 0 spiro atoms. The van der Waals surface area contributed by atoms with Gasteiger partial charge in [0, 0.05) is 36.4 Å². The molecule has 0 fully saturated rings. The van der Waals surface area contributed by atoms with Crippen molar-refractivity contribution in [3.8, 4) is 0 Å². The monoisotopic (exact) mass is 613 g/mol. The van der Waals surface area contributed by atoms with Crippen LogP contribution in [0, 0.1) is 5.41 Å². The fourth-order valence-electron chi connectivity index (χ4n) is 5.21. The summed E-state index contributed by atoms with van der Waals surface area (Å²) < 4.78 is 11.6. The van der Waals surface area contributed by atoms with Crippen molar-refractivity contribution in [1.29, 1.82) is 0 Å². The first-order chi connectivity index (χ1) is 20.3. The Labute approximate surface area is 263 Å². The minimum absolute atomic E-state index is 0.0297. The van der Waals surface area contributed by atoms with Crippen molar-refractivity contribution in [3.63, 3.8) is 0 Å². The largest absolute Gasteiger partial charge is 0.379 e. The fraction of sp³-hybridized carbons (Fsp3) is 0.912. The van der Waals surface area contributed by atoms with Crippen molar-refractivity contribution in [1.82, 2.24) is 16.0 Å². The predicted molar refractivity (Wildman–Crippen MR) is 177 cm³/mol. The summed E-state index contributed by atoms with van der Waals surface area (Å²) in [6, 6.07) is -0.268. The van der Waals surface area contributed by atoms with E-state index in [9.17, 15) is 14.4 Å². The summed E-state index contributed by atoms with van der Waals surface area (Å²) in [4.78, 5) is 37.7. The van der Waals surface area contributed by atoms with Crippen molar-refractivity contribution >= 4 is 17.7 Å². The topological polar surface area (TPSA) is 132 Å². The Morgan fingerprint density at radius 2 is 1.23 bits per heavy atom. The Morgan fingerprint density at radius 1 is 0.721 bits per heavy atom. The molecule has 0 saturated carbocycles. The van der Waals surface area contributed by atoms with Gasteiger partial charge < -0.3 is 31.2 Å². The molecule has 0 bridgehead atoms. The van der Waals surface area contributed by atoms with Gasteiger partial charge in [-0.3, -0.25) is 14.4 Å². The van der Waals surface area contributed by atoms with Gasteiger partial charge in [0.05, 0.1) is 32.5 Å². The molecule has 0 aromatic rings. The van der Waals surface area contributed by atoms with Crippen molar-refractivity contribution in [2.75, 3.05) is 33.0 Å². The molecule has 2 unspecified atom stereocenters. The molecular formula is C34H68N4O5. The lowest BCUT2D eigenvalue weighted by Crippen LogP contribution is -2.50. The van der Waals surface area contributed by atoms with Crippen LogP contribution in [-0.2, 0) is 23.9 Å². The second kappa shape index (κ2) is 24.6. The van der Waals surface area contributed by atoms with Crippen LogP contribution in [0.15, 0.2) is 0 Å². The van der Waals surface area contributed by atoms with Gasteiger partial charge >= 0.3 is 0 Å². The summed E-state index contributed by atoms with van der Waals surface area (Å²) >= 11 is 0. The zero-order valence-corrected chi connectivity index (χ0v) is 28.9. The maximum Gasteiger partial charge on any atom is 0.226 e. The van der Waals surface area contributed by atoms with E-state index in [4.69, 9.17) is 15.2 Å². The smallest absolute Gasteiger partial charge is 0.226 e. The quantitative estimate of drug-likeness (QED) is 0.0829. The first kappa shape index (κ1) is 41.3. The van der Waals surface area contributed by atoms with Crippen LogP contribution < -0.4 is 21.7 Å². The van der Waals surface area contributed by atoms with Crippen LogP contribution in [-0.4, -0.2) is 68.3 Å². The van der Waals surface area contributed by atoms with Crippen molar-refractivity contribution in [2.45, 2.75) is 162 Å². The highest BCUT2D eigenvalue weighted by atomic mass is 16.5. The third kappa shape index (κ3) is 25.3. The molecule has 0 aromatic heterocycles. The summed E-state index contributed by atoms with van der Waals surface area (Å²) in [6.45, 7) is 15.6. The number of carbonyl (C=O) groups excluding carboxylic acids is 3.